The summed E-state index contributed by atoms with van der Waals surface area (Å²) >= 11 is 0.972. The van der Waals surface area contributed by atoms with Crippen LogP contribution in [-0.4, -0.2) is 50.4 Å². The van der Waals surface area contributed by atoms with Gasteiger partial charge in [0.1, 0.15) is 0 Å². The Morgan fingerprint density at radius 1 is 1.50 bits per heavy atom. The summed E-state index contributed by atoms with van der Waals surface area (Å²) in [7, 11) is -1.63. The number of aromatic nitrogens is 1. The summed E-state index contributed by atoms with van der Waals surface area (Å²) in [5, 5.41) is 2.81. The Balaban J connectivity index is 2.16. The molecule has 0 spiro atoms. The molecule has 1 aliphatic heterocycles. The zero-order valence-corrected chi connectivity index (χ0v) is 13.3. The number of rotatable bonds is 4. The molecule has 2 N–H and O–H groups in total. The molecule has 9 heteroatoms. The predicted octanol–water partition coefficient (Wildman–Crippen LogP) is 0.392. The Bertz CT molecular complexity index is 611. The molecule has 0 aromatic carbocycles. The summed E-state index contributed by atoms with van der Waals surface area (Å²) < 4.78 is 27.5. The van der Waals surface area contributed by atoms with Crippen LogP contribution in [0.3, 0.4) is 0 Å². The van der Waals surface area contributed by atoms with Crippen LogP contribution in [0.4, 0.5) is 5.13 Å². The van der Waals surface area contributed by atoms with Crippen molar-refractivity contribution in [2.24, 2.45) is 0 Å². The number of carbonyl (C=O) groups excluding carboxylic acids is 1. The molecule has 7 nitrogen and oxygen atoms in total. The van der Waals surface area contributed by atoms with Gasteiger partial charge in [-0.05, 0) is 26.9 Å². The first-order chi connectivity index (χ1) is 9.28. The van der Waals surface area contributed by atoms with Crippen LogP contribution in [0.1, 0.15) is 19.0 Å². The number of likely N-dealkylation sites (N-methyl/N-ethyl adjacent to an activating group) is 1. The molecule has 1 fully saturated rings. The molecule has 1 aromatic heterocycles. The molecule has 112 valence electrons. The number of aryl methyl sites for hydroxylation is 1. The van der Waals surface area contributed by atoms with E-state index in [1.165, 1.54) is 6.92 Å². The number of anilines is 1. The van der Waals surface area contributed by atoms with Gasteiger partial charge in [0, 0.05) is 19.5 Å². The van der Waals surface area contributed by atoms with Crippen molar-refractivity contribution in [2.75, 3.05) is 25.5 Å². The number of likely N-dealkylation sites (tertiary alicyclic amines) is 1. The van der Waals surface area contributed by atoms with Gasteiger partial charge < -0.3 is 10.2 Å². The van der Waals surface area contributed by atoms with E-state index in [4.69, 9.17) is 0 Å². The number of hydrogen-bond donors (Lipinski definition) is 2. The van der Waals surface area contributed by atoms with Crippen LogP contribution in [-0.2, 0) is 14.8 Å². The van der Waals surface area contributed by atoms with Crippen molar-refractivity contribution in [1.29, 1.82) is 0 Å². The highest BCUT2D eigenvalue weighted by Gasteiger charge is 2.28. The fourth-order valence-electron chi connectivity index (χ4n) is 2.14. The van der Waals surface area contributed by atoms with Crippen molar-refractivity contribution in [2.45, 2.75) is 30.5 Å². The lowest BCUT2D eigenvalue weighted by Gasteiger charge is -2.12. The van der Waals surface area contributed by atoms with Crippen molar-refractivity contribution in [3.8, 4) is 0 Å². The fraction of sp³-hybridized carbons (Fsp3) is 0.636. The maximum atomic E-state index is 12.3. The fourth-order valence-corrected chi connectivity index (χ4v) is 4.88. The lowest BCUT2D eigenvalue weighted by atomic mass is 10.3. The quantitative estimate of drug-likeness (QED) is 0.838. The molecule has 0 radical (unpaired) electrons. The van der Waals surface area contributed by atoms with Crippen LogP contribution in [0.25, 0.3) is 0 Å². The molecule has 1 atom stereocenters. The number of amides is 1. The normalized spacial score (nSPS) is 20.2. The third-order valence-corrected chi connectivity index (χ3v) is 6.20. The van der Waals surface area contributed by atoms with Crippen LogP contribution in [0.2, 0.25) is 0 Å². The van der Waals surface area contributed by atoms with Crippen molar-refractivity contribution < 1.29 is 13.2 Å². The van der Waals surface area contributed by atoms with Gasteiger partial charge in [-0.15, -0.1) is 0 Å². The Morgan fingerprint density at radius 2 is 2.20 bits per heavy atom. The standard InChI is InChI=1S/C11H18N4O3S2/c1-7-10(19-11(12-7)13-8(2)16)20(17,18)14-9-4-5-15(3)6-9/h9,14H,4-6H2,1-3H3,(H,12,13,16)/t9-/m1/s1. The second-order valence-corrected chi connectivity index (χ2v) is 7.85. The number of hydrogen-bond acceptors (Lipinski definition) is 6. The van der Waals surface area contributed by atoms with E-state index in [1.807, 2.05) is 7.05 Å². The highest BCUT2D eigenvalue weighted by atomic mass is 32.2. The molecular weight excluding hydrogens is 300 g/mol. The van der Waals surface area contributed by atoms with Gasteiger partial charge >= 0.3 is 0 Å². The van der Waals surface area contributed by atoms with E-state index in [9.17, 15) is 13.2 Å². The first-order valence-electron chi connectivity index (χ1n) is 6.24. The maximum Gasteiger partial charge on any atom is 0.252 e. The maximum absolute atomic E-state index is 12.3. The van der Waals surface area contributed by atoms with E-state index in [-0.39, 0.29) is 16.2 Å². The Labute approximate surface area is 122 Å². The lowest BCUT2D eigenvalue weighted by Crippen LogP contribution is -2.36. The highest BCUT2D eigenvalue weighted by Crippen LogP contribution is 2.27. The summed E-state index contributed by atoms with van der Waals surface area (Å²) in [5.41, 5.74) is 0.401. The molecule has 1 aromatic rings. The van der Waals surface area contributed by atoms with Gasteiger partial charge in [-0.3, -0.25) is 4.79 Å². The molecule has 20 heavy (non-hydrogen) atoms. The van der Waals surface area contributed by atoms with E-state index in [2.05, 4.69) is 19.9 Å². The average molecular weight is 318 g/mol. The third-order valence-electron chi connectivity index (χ3n) is 2.99. The monoisotopic (exact) mass is 318 g/mol. The Hall–Kier alpha value is -1.03. The molecule has 1 amide bonds. The van der Waals surface area contributed by atoms with Crippen LogP contribution in [0, 0.1) is 6.92 Å². The van der Waals surface area contributed by atoms with Crippen LogP contribution < -0.4 is 10.0 Å². The summed E-state index contributed by atoms with van der Waals surface area (Å²) in [6.45, 7) is 4.57. The van der Waals surface area contributed by atoms with Gasteiger partial charge in [-0.2, -0.15) is 0 Å². The van der Waals surface area contributed by atoms with Gasteiger partial charge in [0.05, 0.1) is 5.69 Å². The highest BCUT2D eigenvalue weighted by molar-refractivity contribution is 7.91. The number of sulfonamides is 1. The average Bonchev–Trinajstić information content (AvgIpc) is 2.84. The third kappa shape index (κ3) is 3.54. The summed E-state index contributed by atoms with van der Waals surface area (Å²) in [6, 6.07) is -0.0734. The van der Waals surface area contributed by atoms with E-state index in [1.54, 1.807) is 6.92 Å². The first kappa shape index (κ1) is 15.4. The largest absolute Gasteiger partial charge is 0.305 e. The van der Waals surface area contributed by atoms with Crippen LogP contribution >= 0.6 is 11.3 Å². The summed E-state index contributed by atoms with van der Waals surface area (Å²) in [6.07, 6.45) is 0.798. The minimum atomic E-state index is -3.58. The Morgan fingerprint density at radius 3 is 2.75 bits per heavy atom. The predicted molar refractivity (Wildman–Crippen MR) is 77.4 cm³/mol. The van der Waals surface area contributed by atoms with Crippen molar-refractivity contribution >= 4 is 32.4 Å². The van der Waals surface area contributed by atoms with E-state index >= 15 is 0 Å². The van der Waals surface area contributed by atoms with Crippen molar-refractivity contribution in [3.05, 3.63) is 5.69 Å². The zero-order valence-electron chi connectivity index (χ0n) is 11.6. The minimum absolute atomic E-state index is 0.0734. The number of nitrogens with one attached hydrogen (secondary N) is 2. The van der Waals surface area contributed by atoms with Gasteiger partial charge in [0.2, 0.25) is 5.91 Å². The number of carbonyl (C=O) groups is 1. The van der Waals surface area contributed by atoms with Crippen molar-refractivity contribution in [1.82, 2.24) is 14.6 Å². The molecule has 0 bridgehead atoms. The first-order valence-corrected chi connectivity index (χ1v) is 8.54. The molecule has 2 heterocycles. The lowest BCUT2D eigenvalue weighted by molar-refractivity contribution is -0.114. The van der Waals surface area contributed by atoms with Crippen molar-refractivity contribution in [3.63, 3.8) is 0 Å². The van der Waals surface area contributed by atoms with E-state index in [0.717, 1.165) is 24.3 Å². The summed E-state index contributed by atoms with van der Waals surface area (Å²) in [5.74, 6) is -0.270. The van der Waals surface area contributed by atoms with Gasteiger partial charge in [-0.1, -0.05) is 11.3 Å². The van der Waals surface area contributed by atoms with Crippen LogP contribution in [0.5, 0.6) is 0 Å². The second kappa shape index (κ2) is 5.76. The Kier molecular flexibility index (Phi) is 4.43. The second-order valence-electron chi connectivity index (χ2n) is 4.94. The SMILES string of the molecule is CC(=O)Nc1nc(C)c(S(=O)(=O)N[C@@H]2CCN(C)C2)s1. The topological polar surface area (TPSA) is 91.4 Å². The number of nitrogens with zero attached hydrogens (tertiary/aromatic N) is 2. The minimum Gasteiger partial charge on any atom is -0.305 e. The van der Waals surface area contributed by atoms with E-state index in [0.29, 0.717) is 17.4 Å². The molecule has 0 aliphatic carbocycles. The molecule has 0 saturated carbocycles. The molecular formula is C11H18N4O3S2. The van der Waals surface area contributed by atoms with Gasteiger partial charge in [0.15, 0.2) is 9.34 Å². The van der Waals surface area contributed by atoms with Gasteiger partial charge in [0.25, 0.3) is 10.0 Å². The number of thiazole rings is 1. The summed E-state index contributed by atoms with van der Waals surface area (Å²) in [4.78, 5) is 17.1. The zero-order chi connectivity index (χ0) is 14.9. The molecule has 1 saturated heterocycles. The van der Waals surface area contributed by atoms with Crippen LogP contribution in [0.15, 0.2) is 4.21 Å². The van der Waals surface area contributed by atoms with E-state index < -0.39 is 10.0 Å². The molecule has 0 unspecified atom stereocenters. The van der Waals surface area contributed by atoms with Gasteiger partial charge in [-0.25, -0.2) is 18.1 Å². The molecule has 1 aliphatic rings. The smallest absolute Gasteiger partial charge is 0.252 e. The molecule has 2 rings (SSSR count).